The molecule has 7 rings (SSSR count). The average molecular weight is 430 g/mol. The van der Waals surface area contributed by atoms with Gasteiger partial charge in [0.25, 0.3) is 0 Å². The smallest absolute Gasteiger partial charge is 0.309 e. The summed E-state index contributed by atoms with van der Waals surface area (Å²) in [5.41, 5.74) is -2.00. The zero-order chi connectivity index (χ0) is 21.6. The standard InChI is InChI=1S/C24H30O7/c1-20-11-15-24(29-15)17(13(20)4-8-22(20)9-6-16(26)30-22)12(19(27)28-3)10-23-18(31-23)14(25)5-7-21(23,24)2/h12-13,15,17-18H,4-11H2,1-3H3/t12?,13?,15-,17?,18-,20-,21-,22?,23?,24+/m0/s1. The molecule has 0 bridgehead atoms. The summed E-state index contributed by atoms with van der Waals surface area (Å²) in [6.45, 7) is 4.50. The lowest BCUT2D eigenvalue weighted by Crippen LogP contribution is -2.68. The van der Waals surface area contributed by atoms with E-state index in [2.05, 4.69) is 13.8 Å². The van der Waals surface area contributed by atoms with Crippen LogP contribution >= 0.6 is 0 Å². The maximum Gasteiger partial charge on any atom is 0.309 e. The summed E-state index contributed by atoms with van der Waals surface area (Å²) in [5, 5.41) is 0. The molecule has 31 heavy (non-hydrogen) atoms. The van der Waals surface area contributed by atoms with Crippen LogP contribution in [0.25, 0.3) is 0 Å². The van der Waals surface area contributed by atoms with Gasteiger partial charge in [-0.05, 0) is 44.4 Å². The van der Waals surface area contributed by atoms with Crippen LogP contribution in [-0.2, 0) is 33.3 Å². The molecule has 3 saturated heterocycles. The quantitative estimate of drug-likeness (QED) is 0.465. The second kappa shape index (κ2) is 5.19. The Morgan fingerprint density at radius 2 is 1.87 bits per heavy atom. The van der Waals surface area contributed by atoms with E-state index in [0.717, 1.165) is 32.1 Å². The van der Waals surface area contributed by atoms with E-state index in [9.17, 15) is 14.4 Å². The Morgan fingerprint density at radius 1 is 1.06 bits per heavy atom. The van der Waals surface area contributed by atoms with Crippen LogP contribution in [0.5, 0.6) is 0 Å². The number of ketones is 1. The van der Waals surface area contributed by atoms with Gasteiger partial charge in [-0.1, -0.05) is 13.8 Å². The number of epoxide rings is 2. The molecule has 4 aliphatic carbocycles. The molecule has 0 radical (unpaired) electrons. The summed E-state index contributed by atoms with van der Waals surface area (Å²) in [4.78, 5) is 37.9. The first-order valence-electron chi connectivity index (χ1n) is 11.9. The van der Waals surface area contributed by atoms with Gasteiger partial charge in [-0.15, -0.1) is 0 Å². The maximum absolute atomic E-state index is 13.2. The molecule has 4 saturated carbocycles. The number of fused-ring (bicyclic) bond motifs is 3. The fraction of sp³-hybridized carbons (Fsp3) is 0.875. The predicted molar refractivity (Wildman–Crippen MR) is 105 cm³/mol. The van der Waals surface area contributed by atoms with E-state index in [1.807, 2.05) is 0 Å². The van der Waals surface area contributed by atoms with Crippen LogP contribution in [0.1, 0.15) is 65.2 Å². The molecule has 0 aromatic rings. The van der Waals surface area contributed by atoms with Gasteiger partial charge in [-0.25, -0.2) is 0 Å². The molecule has 3 aliphatic heterocycles. The Morgan fingerprint density at radius 3 is 2.58 bits per heavy atom. The number of carbonyl (C=O) groups is 3. The van der Waals surface area contributed by atoms with E-state index in [4.69, 9.17) is 18.9 Å². The number of hydrogen-bond acceptors (Lipinski definition) is 7. The van der Waals surface area contributed by atoms with E-state index >= 15 is 0 Å². The zero-order valence-electron chi connectivity index (χ0n) is 18.4. The van der Waals surface area contributed by atoms with Crippen molar-refractivity contribution in [2.75, 3.05) is 7.11 Å². The number of hydrogen-bond donors (Lipinski definition) is 0. The fourth-order valence-electron chi connectivity index (χ4n) is 9.63. The van der Waals surface area contributed by atoms with Crippen LogP contribution < -0.4 is 0 Å². The van der Waals surface area contributed by atoms with Crippen molar-refractivity contribution in [3.63, 3.8) is 0 Å². The van der Waals surface area contributed by atoms with Gasteiger partial charge in [0.15, 0.2) is 5.78 Å². The van der Waals surface area contributed by atoms with E-state index < -0.39 is 22.9 Å². The SMILES string of the molecule is COC(=O)C1CC23O[C@H]2C(=O)CC[C@]3(C)[C@@]23O[C@H]2C[C@@]2(C)C(CCC24CCC(=O)O4)C13. The molecule has 3 heterocycles. The van der Waals surface area contributed by atoms with E-state index in [-0.39, 0.29) is 52.4 Å². The molecule has 10 atom stereocenters. The third-order valence-corrected chi connectivity index (χ3v) is 11.2. The van der Waals surface area contributed by atoms with Crippen LogP contribution in [0.4, 0.5) is 0 Å². The first-order chi connectivity index (χ1) is 14.7. The molecule has 7 nitrogen and oxygen atoms in total. The molecule has 7 aliphatic rings. The van der Waals surface area contributed by atoms with Gasteiger partial charge in [0.05, 0.1) is 19.1 Å². The van der Waals surface area contributed by atoms with Gasteiger partial charge < -0.3 is 18.9 Å². The van der Waals surface area contributed by atoms with E-state index in [1.165, 1.54) is 7.11 Å². The molecule has 0 aromatic heterocycles. The first-order valence-corrected chi connectivity index (χ1v) is 11.9. The van der Waals surface area contributed by atoms with Crippen molar-refractivity contribution in [3.05, 3.63) is 0 Å². The summed E-state index contributed by atoms with van der Waals surface area (Å²) in [5.74, 6) is -0.325. The summed E-state index contributed by atoms with van der Waals surface area (Å²) in [6.07, 6.45) is 5.22. The zero-order valence-corrected chi connectivity index (χ0v) is 18.4. The van der Waals surface area contributed by atoms with Crippen LogP contribution in [0.15, 0.2) is 0 Å². The first kappa shape index (κ1) is 19.0. The minimum atomic E-state index is -0.601. The average Bonchev–Trinajstić information content (AvgIpc) is 3.59. The third kappa shape index (κ3) is 1.77. The second-order valence-electron chi connectivity index (χ2n) is 11.7. The predicted octanol–water partition coefficient (Wildman–Crippen LogP) is 2.34. The number of ether oxygens (including phenoxy) is 4. The van der Waals surface area contributed by atoms with Gasteiger partial charge >= 0.3 is 11.9 Å². The highest BCUT2D eigenvalue weighted by molar-refractivity contribution is 5.89. The highest BCUT2D eigenvalue weighted by Gasteiger charge is 2.91. The van der Waals surface area contributed by atoms with Gasteiger partial charge in [-0.3, -0.25) is 14.4 Å². The monoisotopic (exact) mass is 430 g/mol. The lowest BCUT2D eigenvalue weighted by atomic mass is 9.41. The number of methoxy groups -OCH3 is 1. The van der Waals surface area contributed by atoms with E-state index in [0.29, 0.717) is 19.3 Å². The number of carbonyl (C=O) groups excluding carboxylic acids is 3. The molecule has 5 unspecified atom stereocenters. The highest BCUT2D eigenvalue weighted by Crippen LogP contribution is 2.82. The van der Waals surface area contributed by atoms with Crippen molar-refractivity contribution in [3.8, 4) is 0 Å². The summed E-state index contributed by atoms with van der Waals surface area (Å²) < 4.78 is 24.2. The second-order valence-corrected chi connectivity index (χ2v) is 11.7. The van der Waals surface area contributed by atoms with Crippen LogP contribution in [-0.4, -0.2) is 53.8 Å². The Kier molecular flexibility index (Phi) is 3.19. The summed E-state index contributed by atoms with van der Waals surface area (Å²) in [6, 6.07) is 0. The normalized spacial score (nSPS) is 60.3. The van der Waals surface area contributed by atoms with Crippen molar-refractivity contribution in [1.29, 1.82) is 0 Å². The Bertz CT molecular complexity index is 946. The van der Waals surface area contributed by atoms with Crippen molar-refractivity contribution >= 4 is 17.7 Å². The third-order valence-electron chi connectivity index (χ3n) is 11.2. The molecular formula is C24H30O7. The number of rotatable bonds is 1. The lowest BCUT2D eigenvalue weighted by Gasteiger charge is -2.59. The molecule has 168 valence electrons. The molecular weight excluding hydrogens is 400 g/mol. The maximum atomic E-state index is 13.2. The van der Waals surface area contributed by atoms with Crippen LogP contribution in [0.2, 0.25) is 0 Å². The number of esters is 2. The lowest BCUT2D eigenvalue weighted by molar-refractivity contribution is -0.184. The Labute approximate surface area is 181 Å². The molecule has 3 spiro atoms. The van der Waals surface area contributed by atoms with Crippen LogP contribution in [0.3, 0.4) is 0 Å². The minimum absolute atomic E-state index is 0.000380. The fourth-order valence-corrected chi connectivity index (χ4v) is 9.63. The van der Waals surface area contributed by atoms with Gasteiger partial charge in [0, 0.05) is 29.6 Å². The Hall–Kier alpha value is -1.47. The van der Waals surface area contributed by atoms with Crippen LogP contribution in [0, 0.1) is 28.6 Å². The Balaban J connectivity index is 1.37. The van der Waals surface area contributed by atoms with Crippen molar-refractivity contribution in [1.82, 2.24) is 0 Å². The number of Topliss-reactive ketones (excluding diaryl/α,β-unsaturated/α-hetero) is 1. The largest absolute Gasteiger partial charge is 0.469 e. The van der Waals surface area contributed by atoms with Gasteiger partial charge in [-0.2, -0.15) is 0 Å². The molecule has 0 amide bonds. The minimum Gasteiger partial charge on any atom is -0.469 e. The molecule has 0 aromatic carbocycles. The summed E-state index contributed by atoms with van der Waals surface area (Å²) >= 11 is 0. The molecule has 7 heteroatoms. The molecule has 0 N–H and O–H groups in total. The highest BCUT2D eigenvalue weighted by atomic mass is 16.6. The van der Waals surface area contributed by atoms with Crippen molar-refractivity contribution < 1.29 is 33.3 Å². The summed E-state index contributed by atoms with van der Waals surface area (Å²) in [7, 11) is 1.44. The van der Waals surface area contributed by atoms with Crippen molar-refractivity contribution in [2.45, 2.75) is 94.2 Å². The van der Waals surface area contributed by atoms with Gasteiger partial charge in [0.2, 0.25) is 0 Å². The van der Waals surface area contributed by atoms with E-state index in [1.54, 1.807) is 0 Å². The van der Waals surface area contributed by atoms with Gasteiger partial charge in [0.1, 0.15) is 22.9 Å². The van der Waals surface area contributed by atoms with Crippen molar-refractivity contribution in [2.24, 2.45) is 28.6 Å². The molecule has 7 fully saturated rings. The topological polar surface area (TPSA) is 94.7 Å².